The van der Waals surface area contributed by atoms with Crippen LogP contribution >= 0.6 is 0 Å². The van der Waals surface area contributed by atoms with Gasteiger partial charge in [0.05, 0.1) is 17.7 Å². The van der Waals surface area contributed by atoms with Gasteiger partial charge in [-0.2, -0.15) is 0 Å². The lowest BCUT2D eigenvalue weighted by Crippen LogP contribution is -2.38. The topological polar surface area (TPSA) is 77.8 Å². The Morgan fingerprint density at radius 3 is 2.62 bits per heavy atom. The van der Waals surface area contributed by atoms with Crippen molar-refractivity contribution in [2.45, 2.75) is 57.6 Å². The number of nitrogens with zero attached hydrogens (tertiary/aromatic N) is 1. The molecule has 1 aliphatic heterocycles. The molecule has 3 rings (SSSR count). The van der Waals surface area contributed by atoms with Gasteiger partial charge in [-0.05, 0) is 48.8 Å². The molecule has 1 heterocycles. The zero-order chi connectivity index (χ0) is 18.7. The number of carbonyl (C=O) groups is 2. The van der Waals surface area contributed by atoms with Crippen LogP contribution in [0.5, 0.6) is 0 Å². The minimum Gasteiger partial charge on any atom is -0.478 e. The monoisotopic (exact) mass is 357 g/mol. The molecular formula is C21H27NO4. The molecule has 2 aliphatic rings. The number of carbonyl (C=O) groups excluding carboxylic acids is 1. The van der Waals surface area contributed by atoms with E-state index in [2.05, 4.69) is 6.92 Å². The molecule has 2 N–H and O–H groups in total. The first kappa shape index (κ1) is 18.6. The summed E-state index contributed by atoms with van der Waals surface area (Å²) in [7, 11) is 0. The summed E-state index contributed by atoms with van der Waals surface area (Å²) in [5.74, 6) is -0.790. The van der Waals surface area contributed by atoms with E-state index in [1.54, 1.807) is 24.3 Å². The maximum atomic E-state index is 12.2. The number of carboxylic acids is 1. The molecule has 5 heteroatoms. The Labute approximate surface area is 154 Å². The van der Waals surface area contributed by atoms with Crippen molar-refractivity contribution in [1.82, 2.24) is 4.90 Å². The standard InChI is InChI=1S/C21H27NO4/c1-21(12-2-13-21)18(23)9-7-17-8-10-19(24)22(17)14-11-15-3-5-16(6-4-15)20(25)26/h3-7,9,17-18,23H,2,8,10-14H2,1H3,(H,25,26)/b9-7+. The molecule has 2 atom stereocenters. The van der Waals surface area contributed by atoms with Gasteiger partial charge in [0.25, 0.3) is 0 Å². The van der Waals surface area contributed by atoms with Gasteiger partial charge in [0, 0.05) is 13.0 Å². The smallest absolute Gasteiger partial charge is 0.335 e. The first-order chi connectivity index (χ1) is 12.4. The van der Waals surface area contributed by atoms with E-state index in [-0.39, 0.29) is 22.9 Å². The summed E-state index contributed by atoms with van der Waals surface area (Å²) in [6, 6.07) is 6.83. The van der Waals surface area contributed by atoms with E-state index < -0.39 is 12.1 Å². The van der Waals surface area contributed by atoms with Gasteiger partial charge in [0.15, 0.2) is 0 Å². The van der Waals surface area contributed by atoms with Crippen LogP contribution in [0, 0.1) is 5.41 Å². The zero-order valence-corrected chi connectivity index (χ0v) is 15.2. The van der Waals surface area contributed by atoms with Crippen LogP contribution in [0.3, 0.4) is 0 Å². The van der Waals surface area contributed by atoms with Crippen LogP contribution in [0.15, 0.2) is 36.4 Å². The van der Waals surface area contributed by atoms with Crippen LogP contribution < -0.4 is 0 Å². The molecule has 1 saturated carbocycles. The van der Waals surface area contributed by atoms with Crippen molar-refractivity contribution in [1.29, 1.82) is 0 Å². The molecule has 2 fully saturated rings. The molecular weight excluding hydrogens is 330 g/mol. The molecule has 1 aromatic carbocycles. The maximum absolute atomic E-state index is 12.2. The Morgan fingerprint density at radius 1 is 1.35 bits per heavy atom. The van der Waals surface area contributed by atoms with Crippen LogP contribution in [0.1, 0.15) is 54.9 Å². The molecule has 5 nitrogen and oxygen atoms in total. The summed E-state index contributed by atoms with van der Waals surface area (Å²) in [5.41, 5.74) is 1.28. The Balaban J connectivity index is 1.58. The lowest BCUT2D eigenvalue weighted by atomic mass is 9.66. The number of hydrogen-bond donors (Lipinski definition) is 2. The van der Waals surface area contributed by atoms with Crippen molar-refractivity contribution in [3.05, 3.63) is 47.5 Å². The number of aromatic carboxylic acids is 1. The number of rotatable bonds is 7. The number of likely N-dealkylation sites (tertiary alicyclic amines) is 1. The predicted octanol–water partition coefficient (Wildman–Crippen LogP) is 3.03. The Hall–Kier alpha value is -2.14. The summed E-state index contributed by atoms with van der Waals surface area (Å²) in [6.45, 7) is 2.72. The molecule has 26 heavy (non-hydrogen) atoms. The summed E-state index contributed by atoms with van der Waals surface area (Å²) in [4.78, 5) is 25.0. The van der Waals surface area contributed by atoms with Crippen LogP contribution in [0.4, 0.5) is 0 Å². The molecule has 2 unspecified atom stereocenters. The fourth-order valence-electron chi connectivity index (χ4n) is 3.81. The van der Waals surface area contributed by atoms with Gasteiger partial charge in [-0.25, -0.2) is 4.79 Å². The van der Waals surface area contributed by atoms with Gasteiger partial charge in [-0.15, -0.1) is 0 Å². The van der Waals surface area contributed by atoms with Crippen LogP contribution in [-0.2, 0) is 11.2 Å². The second-order valence-corrected chi connectivity index (χ2v) is 7.78. The molecule has 140 valence electrons. The number of amides is 1. The molecule has 0 bridgehead atoms. The van der Waals surface area contributed by atoms with Crippen LogP contribution in [0.25, 0.3) is 0 Å². The SMILES string of the molecule is CC1(C(O)/C=C/C2CCC(=O)N2CCc2ccc(C(=O)O)cc2)CCC1. The van der Waals surface area contributed by atoms with E-state index in [9.17, 15) is 14.7 Å². The second kappa shape index (κ2) is 7.62. The lowest BCUT2D eigenvalue weighted by Gasteiger charge is -2.41. The van der Waals surface area contributed by atoms with Gasteiger partial charge in [-0.1, -0.05) is 37.6 Å². The Morgan fingerprint density at radius 2 is 2.04 bits per heavy atom. The largest absolute Gasteiger partial charge is 0.478 e. The molecule has 1 aromatic rings. The fourth-order valence-corrected chi connectivity index (χ4v) is 3.81. The van der Waals surface area contributed by atoms with Gasteiger partial charge in [-0.3, -0.25) is 4.79 Å². The van der Waals surface area contributed by atoms with Crippen molar-refractivity contribution < 1.29 is 19.8 Å². The molecule has 1 aliphatic carbocycles. The van der Waals surface area contributed by atoms with E-state index in [4.69, 9.17) is 5.11 Å². The summed E-state index contributed by atoms with van der Waals surface area (Å²) >= 11 is 0. The number of carboxylic acid groups (broad SMARTS) is 1. The van der Waals surface area contributed by atoms with Gasteiger partial charge in [0.2, 0.25) is 5.91 Å². The molecule has 0 radical (unpaired) electrons. The normalized spacial score (nSPS) is 23.2. The van der Waals surface area contributed by atoms with Crippen LogP contribution in [0.2, 0.25) is 0 Å². The lowest BCUT2D eigenvalue weighted by molar-refractivity contribution is -0.128. The van der Waals surface area contributed by atoms with E-state index in [1.165, 1.54) is 6.42 Å². The number of hydrogen-bond acceptors (Lipinski definition) is 3. The number of benzene rings is 1. The third-order valence-electron chi connectivity index (χ3n) is 5.94. The first-order valence-corrected chi connectivity index (χ1v) is 9.37. The third kappa shape index (κ3) is 3.98. The average Bonchev–Trinajstić information content (AvgIpc) is 2.95. The van der Waals surface area contributed by atoms with Crippen molar-refractivity contribution >= 4 is 11.9 Å². The van der Waals surface area contributed by atoms with Crippen molar-refractivity contribution in [3.8, 4) is 0 Å². The molecule has 1 amide bonds. The third-order valence-corrected chi connectivity index (χ3v) is 5.94. The predicted molar refractivity (Wildman–Crippen MR) is 98.9 cm³/mol. The average molecular weight is 357 g/mol. The molecule has 0 aromatic heterocycles. The van der Waals surface area contributed by atoms with Gasteiger partial charge < -0.3 is 15.1 Å². The summed E-state index contributed by atoms with van der Waals surface area (Å²) in [5, 5.41) is 19.3. The van der Waals surface area contributed by atoms with Crippen molar-refractivity contribution in [3.63, 3.8) is 0 Å². The second-order valence-electron chi connectivity index (χ2n) is 7.78. The van der Waals surface area contributed by atoms with Crippen molar-refractivity contribution in [2.75, 3.05) is 6.54 Å². The number of aliphatic hydroxyl groups excluding tert-OH is 1. The highest BCUT2D eigenvalue weighted by molar-refractivity contribution is 5.87. The summed E-state index contributed by atoms with van der Waals surface area (Å²) in [6.07, 6.45) is 8.72. The van der Waals surface area contributed by atoms with E-state index in [1.807, 2.05) is 17.1 Å². The highest BCUT2D eigenvalue weighted by Gasteiger charge is 2.38. The summed E-state index contributed by atoms with van der Waals surface area (Å²) < 4.78 is 0. The molecule has 0 spiro atoms. The molecule has 1 saturated heterocycles. The highest BCUT2D eigenvalue weighted by Crippen LogP contribution is 2.43. The van der Waals surface area contributed by atoms with Gasteiger partial charge in [0.1, 0.15) is 0 Å². The maximum Gasteiger partial charge on any atom is 0.335 e. The van der Waals surface area contributed by atoms with E-state index in [0.29, 0.717) is 19.4 Å². The number of aliphatic hydroxyl groups is 1. The highest BCUT2D eigenvalue weighted by atomic mass is 16.4. The Bertz CT molecular complexity index is 690. The van der Waals surface area contributed by atoms with Crippen molar-refractivity contribution in [2.24, 2.45) is 5.41 Å². The van der Waals surface area contributed by atoms with Crippen LogP contribution in [-0.4, -0.2) is 45.7 Å². The Kier molecular flexibility index (Phi) is 5.47. The quantitative estimate of drug-likeness (QED) is 0.735. The first-order valence-electron chi connectivity index (χ1n) is 9.37. The fraction of sp³-hybridized carbons (Fsp3) is 0.524. The minimum atomic E-state index is -0.935. The minimum absolute atomic E-state index is 0.00414. The van der Waals surface area contributed by atoms with Gasteiger partial charge >= 0.3 is 5.97 Å². The zero-order valence-electron chi connectivity index (χ0n) is 15.2. The van der Waals surface area contributed by atoms with E-state index >= 15 is 0 Å². The van der Waals surface area contributed by atoms with E-state index in [0.717, 1.165) is 24.8 Å².